The standard InChI is InChI=1S/C10H11N3O/c1-2-4-9-8(3-1)12-10(13-9)14-7-5-11-6-7/h1-4,7,11H,5-6H2,(H,12,13). The van der Waals surface area contributed by atoms with Crippen molar-refractivity contribution in [1.29, 1.82) is 0 Å². The average molecular weight is 189 g/mol. The maximum Gasteiger partial charge on any atom is 0.294 e. The highest BCUT2D eigenvalue weighted by Crippen LogP contribution is 2.16. The third kappa shape index (κ3) is 1.24. The van der Waals surface area contributed by atoms with Crippen molar-refractivity contribution < 1.29 is 4.74 Å². The molecular formula is C10H11N3O. The fourth-order valence-corrected chi connectivity index (χ4v) is 1.49. The Balaban J connectivity index is 1.89. The van der Waals surface area contributed by atoms with Gasteiger partial charge in [-0.25, -0.2) is 0 Å². The third-order valence-corrected chi connectivity index (χ3v) is 2.39. The molecule has 1 aromatic carbocycles. The number of nitrogens with zero attached hydrogens (tertiary/aromatic N) is 1. The Kier molecular flexibility index (Phi) is 1.67. The lowest BCUT2D eigenvalue weighted by Crippen LogP contribution is -2.50. The largest absolute Gasteiger partial charge is 0.459 e. The first kappa shape index (κ1) is 7.82. The molecule has 1 aliphatic heterocycles. The summed E-state index contributed by atoms with van der Waals surface area (Å²) in [5, 5.41) is 3.15. The molecule has 0 amide bonds. The summed E-state index contributed by atoms with van der Waals surface area (Å²) in [4.78, 5) is 7.46. The highest BCUT2D eigenvalue weighted by molar-refractivity contribution is 5.75. The van der Waals surface area contributed by atoms with E-state index in [0.717, 1.165) is 24.1 Å². The molecule has 0 unspecified atom stereocenters. The van der Waals surface area contributed by atoms with E-state index < -0.39 is 0 Å². The van der Waals surface area contributed by atoms with Crippen molar-refractivity contribution in [2.75, 3.05) is 13.1 Å². The first-order valence-corrected chi connectivity index (χ1v) is 4.74. The van der Waals surface area contributed by atoms with E-state index in [0.29, 0.717) is 6.01 Å². The molecule has 3 rings (SSSR count). The van der Waals surface area contributed by atoms with Gasteiger partial charge in [-0.05, 0) is 12.1 Å². The van der Waals surface area contributed by atoms with Crippen LogP contribution < -0.4 is 10.1 Å². The molecule has 0 bridgehead atoms. The Morgan fingerprint density at radius 2 is 2.14 bits per heavy atom. The SMILES string of the molecule is c1ccc2[nH]c(OC3CNC3)nc2c1. The van der Waals surface area contributed by atoms with E-state index >= 15 is 0 Å². The lowest BCUT2D eigenvalue weighted by Gasteiger charge is -2.26. The lowest BCUT2D eigenvalue weighted by molar-refractivity contribution is 0.131. The van der Waals surface area contributed by atoms with Gasteiger partial charge in [0.25, 0.3) is 6.01 Å². The van der Waals surface area contributed by atoms with Gasteiger partial charge >= 0.3 is 0 Å². The number of para-hydroxylation sites is 2. The number of nitrogens with one attached hydrogen (secondary N) is 2. The monoisotopic (exact) mass is 189 g/mol. The predicted molar refractivity (Wildman–Crippen MR) is 53.4 cm³/mol. The summed E-state index contributed by atoms with van der Waals surface area (Å²) >= 11 is 0. The van der Waals surface area contributed by atoms with Gasteiger partial charge in [0.1, 0.15) is 6.10 Å². The minimum absolute atomic E-state index is 0.274. The van der Waals surface area contributed by atoms with Gasteiger partial charge in [0, 0.05) is 13.1 Å². The van der Waals surface area contributed by atoms with Crippen molar-refractivity contribution in [1.82, 2.24) is 15.3 Å². The number of ether oxygens (including phenoxy) is 1. The summed E-state index contributed by atoms with van der Waals surface area (Å²) in [6.45, 7) is 1.83. The van der Waals surface area contributed by atoms with Crippen LogP contribution in [0.1, 0.15) is 0 Å². The summed E-state index contributed by atoms with van der Waals surface area (Å²) in [6, 6.07) is 8.54. The zero-order chi connectivity index (χ0) is 9.38. The molecule has 1 aliphatic rings. The molecule has 0 atom stereocenters. The first-order chi connectivity index (χ1) is 6.92. The first-order valence-electron chi connectivity index (χ1n) is 4.74. The normalized spacial score (nSPS) is 16.9. The number of rotatable bonds is 2. The number of hydrogen-bond donors (Lipinski definition) is 2. The van der Waals surface area contributed by atoms with Crippen LogP contribution >= 0.6 is 0 Å². The number of imidazole rings is 1. The van der Waals surface area contributed by atoms with Crippen LogP contribution in [0.5, 0.6) is 6.01 Å². The number of hydrogen-bond acceptors (Lipinski definition) is 3. The fraction of sp³-hybridized carbons (Fsp3) is 0.300. The van der Waals surface area contributed by atoms with Crippen molar-refractivity contribution in [2.45, 2.75) is 6.10 Å². The van der Waals surface area contributed by atoms with Gasteiger partial charge in [0.2, 0.25) is 0 Å². The molecule has 0 saturated carbocycles. The maximum atomic E-state index is 5.61. The highest BCUT2D eigenvalue weighted by atomic mass is 16.5. The molecule has 2 aromatic rings. The predicted octanol–water partition coefficient (Wildman–Crippen LogP) is 0.913. The Labute approximate surface area is 81.3 Å². The van der Waals surface area contributed by atoms with Gasteiger partial charge in [-0.1, -0.05) is 12.1 Å². The van der Waals surface area contributed by atoms with Gasteiger partial charge in [-0.15, -0.1) is 0 Å². The quantitative estimate of drug-likeness (QED) is 0.738. The number of fused-ring (bicyclic) bond motifs is 1. The lowest BCUT2D eigenvalue weighted by atomic mass is 10.2. The summed E-state index contributed by atoms with van der Waals surface area (Å²) in [6.07, 6.45) is 0.274. The van der Waals surface area contributed by atoms with Crippen molar-refractivity contribution in [3.8, 4) is 6.01 Å². The average Bonchev–Trinajstić information content (AvgIpc) is 2.53. The van der Waals surface area contributed by atoms with Crippen LogP contribution in [-0.4, -0.2) is 29.2 Å². The maximum absolute atomic E-state index is 5.61. The van der Waals surface area contributed by atoms with Gasteiger partial charge < -0.3 is 15.0 Å². The van der Waals surface area contributed by atoms with E-state index in [1.165, 1.54) is 0 Å². The van der Waals surface area contributed by atoms with E-state index in [4.69, 9.17) is 4.74 Å². The summed E-state index contributed by atoms with van der Waals surface area (Å²) in [5.74, 6) is 0. The van der Waals surface area contributed by atoms with E-state index in [2.05, 4.69) is 15.3 Å². The van der Waals surface area contributed by atoms with Gasteiger partial charge in [0.15, 0.2) is 0 Å². The topological polar surface area (TPSA) is 49.9 Å². The molecule has 2 heterocycles. The third-order valence-electron chi connectivity index (χ3n) is 2.39. The number of benzene rings is 1. The van der Waals surface area contributed by atoms with Gasteiger partial charge in [-0.3, -0.25) is 0 Å². The summed E-state index contributed by atoms with van der Waals surface area (Å²) < 4.78 is 5.61. The van der Waals surface area contributed by atoms with Gasteiger partial charge in [-0.2, -0.15) is 4.98 Å². The van der Waals surface area contributed by atoms with Crippen molar-refractivity contribution >= 4 is 11.0 Å². The van der Waals surface area contributed by atoms with Crippen molar-refractivity contribution in [3.05, 3.63) is 24.3 Å². The van der Waals surface area contributed by atoms with Crippen molar-refractivity contribution in [3.63, 3.8) is 0 Å². The zero-order valence-electron chi connectivity index (χ0n) is 7.66. The molecule has 1 aromatic heterocycles. The van der Waals surface area contributed by atoms with E-state index in [1.807, 2.05) is 24.3 Å². The number of H-pyrrole nitrogens is 1. The Bertz CT molecular complexity index is 414. The van der Waals surface area contributed by atoms with Crippen LogP contribution in [0.2, 0.25) is 0 Å². The second-order valence-electron chi connectivity index (χ2n) is 3.46. The van der Waals surface area contributed by atoms with Crippen LogP contribution in [-0.2, 0) is 0 Å². The van der Waals surface area contributed by atoms with E-state index in [-0.39, 0.29) is 6.10 Å². The minimum Gasteiger partial charge on any atom is -0.459 e. The van der Waals surface area contributed by atoms with Gasteiger partial charge in [0.05, 0.1) is 11.0 Å². The number of aromatic amines is 1. The molecule has 72 valence electrons. The highest BCUT2D eigenvalue weighted by Gasteiger charge is 2.19. The molecule has 1 fully saturated rings. The van der Waals surface area contributed by atoms with E-state index in [9.17, 15) is 0 Å². The van der Waals surface area contributed by atoms with Crippen LogP contribution in [0.3, 0.4) is 0 Å². The second-order valence-corrected chi connectivity index (χ2v) is 3.46. The fourth-order valence-electron chi connectivity index (χ4n) is 1.49. The Hall–Kier alpha value is -1.55. The molecule has 0 aliphatic carbocycles. The molecule has 0 radical (unpaired) electrons. The van der Waals surface area contributed by atoms with Crippen LogP contribution in [0.4, 0.5) is 0 Å². The Morgan fingerprint density at radius 3 is 2.86 bits per heavy atom. The van der Waals surface area contributed by atoms with E-state index in [1.54, 1.807) is 0 Å². The molecular weight excluding hydrogens is 178 g/mol. The molecule has 4 nitrogen and oxygen atoms in total. The molecule has 0 spiro atoms. The number of aromatic nitrogens is 2. The van der Waals surface area contributed by atoms with Crippen LogP contribution in [0.25, 0.3) is 11.0 Å². The molecule has 1 saturated heterocycles. The summed E-state index contributed by atoms with van der Waals surface area (Å²) in [5.41, 5.74) is 1.98. The van der Waals surface area contributed by atoms with Crippen LogP contribution in [0.15, 0.2) is 24.3 Å². The molecule has 14 heavy (non-hydrogen) atoms. The van der Waals surface area contributed by atoms with Crippen LogP contribution in [0, 0.1) is 0 Å². The Morgan fingerprint density at radius 1 is 1.29 bits per heavy atom. The smallest absolute Gasteiger partial charge is 0.294 e. The summed E-state index contributed by atoms with van der Waals surface area (Å²) in [7, 11) is 0. The molecule has 2 N–H and O–H groups in total. The van der Waals surface area contributed by atoms with Crippen molar-refractivity contribution in [2.24, 2.45) is 0 Å². The zero-order valence-corrected chi connectivity index (χ0v) is 7.66. The second kappa shape index (κ2) is 2.99. The molecule has 4 heteroatoms. The minimum atomic E-state index is 0.274.